The van der Waals surface area contributed by atoms with Crippen molar-refractivity contribution >= 4 is 43.6 Å². The van der Waals surface area contributed by atoms with Crippen LogP contribution in [-0.2, 0) is 0 Å². The minimum absolute atomic E-state index is 1.15. The summed E-state index contributed by atoms with van der Waals surface area (Å²) in [6, 6.07) is 79.4. The molecule has 0 fully saturated rings. The molecule has 2 heteroatoms. The van der Waals surface area contributed by atoms with Crippen LogP contribution in [0.15, 0.2) is 218 Å². The molecule has 0 spiro atoms. The Hall–Kier alpha value is -7.42. The van der Waals surface area contributed by atoms with Crippen LogP contribution in [0.4, 0.5) is 0 Å². The molecule has 2 aromatic heterocycles. The molecule has 0 atom stereocenters. The average molecular weight is 713 g/mol. The quantitative estimate of drug-likeness (QED) is 0.162. The fourth-order valence-electron chi connectivity index (χ4n) is 8.74. The van der Waals surface area contributed by atoms with Crippen molar-refractivity contribution < 1.29 is 0 Å². The van der Waals surface area contributed by atoms with E-state index in [9.17, 15) is 0 Å². The summed E-state index contributed by atoms with van der Waals surface area (Å²) in [7, 11) is 0. The van der Waals surface area contributed by atoms with Gasteiger partial charge in [0, 0.05) is 32.9 Å². The Balaban J connectivity index is 1.08. The van der Waals surface area contributed by atoms with E-state index in [1.807, 2.05) is 0 Å². The molecule has 0 aliphatic carbocycles. The van der Waals surface area contributed by atoms with Crippen LogP contribution in [0.5, 0.6) is 0 Å². The molecule has 11 aromatic rings. The Labute approximate surface area is 325 Å². The number of aromatic nitrogens is 2. The van der Waals surface area contributed by atoms with Crippen LogP contribution < -0.4 is 0 Å². The fraction of sp³-hybridized carbons (Fsp3) is 0. The maximum atomic E-state index is 2.44. The van der Waals surface area contributed by atoms with Crippen molar-refractivity contribution in [2.75, 3.05) is 0 Å². The van der Waals surface area contributed by atoms with Gasteiger partial charge >= 0.3 is 0 Å². The van der Waals surface area contributed by atoms with E-state index in [2.05, 4.69) is 228 Å². The van der Waals surface area contributed by atoms with Crippen LogP contribution in [0, 0.1) is 0 Å². The van der Waals surface area contributed by atoms with Crippen molar-refractivity contribution in [1.29, 1.82) is 0 Å². The van der Waals surface area contributed by atoms with Gasteiger partial charge in [-0.25, -0.2) is 0 Å². The van der Waals surface area contributed by atoms with Crippen LogP contribution in [-0.4, -0.2) is 9.13 Å². The first kappa shape index (κ1) is 32.0. The first-order chi connectivity index (χ1) is 27.8. The van der Waals surface area contributed by atoms with Crippen LogP contribution in [0.3, 0.4) is 0 Å². The maximum Gasteiger partial charge on any atom is 0.0541 e. The highest BCUT2D eigenvalue weighted by atomic mass is 15.0. The zero-order valence-electron chi connectivity index (χ0n) is 30.7. The highest BCUT2D eigenvalue weighted by molar-refractivity contribution is 6.12. The summed E-state index contributed by atoms with van der Waals surface area (Å²) in [5.41, 5.74) is 16.8. The van der Waals surface area contributed by atoms with E-state index in [0.29, 0.717) is 0 Å². The Morgan fingerprint density at radius 1 is 0.214 bits per heavy atom. The number of fused-ring (bicyclic) bond motifs is 6. The average Bonchev–Trinajstić information content (AvgIpc) is 3.79. The van der Waals surface area contributed by atoms with Crippen molar-refractivity contribution in [2.45, 2.75) is 0 Å². The van der Waals surface area contributed by atoms with Gasteiger partial charge in [0.2, 0.25) is 0 Å². The Kier molecular flexibility index (Phi) is 7.53. The number of para-hydroxylation sites is 3. The van der Waals surface area contributed by atoms with Crippen molar-refractivity contribution in [3.63, 3.8) is 0 Å². The molecule has 9 aromatic carbocycles. The lowest BCUT2D eigenvalue weighted by molar-refractivity contribution is 1.18. The van der Waals surface area contributed by atoms with E-state index in [-0.39, 0.29) is 0 Å². The lowest BCUT2D eigenvalue weighted by Gasteiger charge is -2.14. The monoisotopic (exact) mass is 712 g/mol. The lowest BCUT2D eigenvalue weighted by atomic mass is 9.93. The Morgan fingerprint density at radius 2 is 0.607 bits per heavy atom. The zero-order valence-corrected chi connectivity index (χ0v) is 30.7. The van der Waals surface area contributed by atoms with E-state index in [4.69, 9.17) is 0 Å². The van der Waals surface area contributed by atoms with Gasteiger partial charge in [0.1, 0.15) is 0 Å². The van der Waals surface area contributed by atoms with E-state index >= 15 is 0 Å². The van der Waals surface area contributed by atoms with Crippen LogP contribution in [0.25, 0.3) is 99.5 Å². The number of benzene rings is 9. The predicted octanol–water partition coefficient (Wildman–Crippen LogP) is 14.5. The summed E-state index contributed by atoms with van der Waals surface area (Å²) in [5, 5.41) is 4.98. The molecule has 56 heavy (non-hydrogen) atoms. The number of hydrogen-bond acceptors (Lipinski definition) is 0. The van der Waals surface area contributed by atoms with Crippen LogP contribution in [0.1, 0.15) is 0 Å². The van der Waals surface area contributed by atoms with Gasteiger partial charge in [0.15, 0.2) is 0 Å². The molecular weight excluding hydrogens is 677 g/mol. The second kappa shape index (κ2) is 13.2. The third kappa shape index (κ3) is 5.26. The molecule has 0 saturated heterocycles. The van der Waals surface area contributed by atoms with Gasteiger partial charge in [0.05, 0.1) is 22.1 Å². The van der Waals surface area contributed by atoms with Gasteiger partial charge < -0.3 is 9.13 Å². The van der Waals surface area contributed by atoms with Gasteiger partial charge in [0.25, 0.3) is 0 Å². The summed E-state index contributed by atoms with van der Waals surface area (Å²) in [5.74, 6) is 0. The molecule has 0 unspecified atom stereocenters. The van der Waals surface area contributed by atoms with Crippen molar-refractivity contribution in [3.05, 3.63) is 218 Å². The molecule has 0 amide bonds. The molecule has 11 rings (SSSR count). The number of hydrogen-bond donors (Lipinski definition) is 0. The summed E-state index contributed by atoms with van der Waals surface area (Å²) in [6.07, 6.45) is 0. The van der Waals surface area contributed by atoms with Crippen molar-refractivity contribution in [1.82, 2.24) is 9.13 Å². The first-order valence-corrected chi connectivity index (χ1v) is 19.3. The standard InChI is InChI=1S/C54H36N2/c1-4-16-37(17-5-1)41-32-42(38-18-6-2-7-19-38)34-44(33-41)56-52-27-15-13-25-48(52)50-36-40(29-31-54(50)56)46-23-11-10-22-45(46)39-28-30-53-49(35-39)47-24-12-14-26-51(47)55(53)43-20-8-3-9-21-43/h1-36H. The van der Waals surface area contributed by atoms with E-state index in [0.717, 1.165) is 5.69 Å². The zero-order chi connectivity index (χ0) is 37.0. The third-order valence-electron chi connectivity index (χ3n) is 11.3. The molecule has 0 N–H and O–H groups in total. The molecule has 0 bridgehead atoms. The smallest absolute Gasteiger partial charge is 0.0541 e. The maximum absolute atomic E-state index is 2.44. The summed E-state index contributed by atoms with van der Waals surface area (Å²) in [4.78, 5) is 0. The molecule has 0 aliphatic heterocycles. The molecule has 0 saturated carbocycles. The predicted molar refractivity (Wildman–Crippen MR) is 237 cm³/mol. The van der Waals surface area contributed by atoms with Crippen molar-refractivity contribution in [2.24, 2.45) is 0 Å². The summed E-state index contributed by atoms with van der Waals surface area (Å²) < 4.78 is 4.82. The van der Waals surface area contributed by atoms with Crippen LogP contribution >= 0.6 is 0 Å². The Morgan fingerprint density at radius 3 is 1.11 bits per heavy atom. The van der Waals surface area contributed by atoms with Gasteiger partial charge in [-0.2, -0.15) is 0 Å². The molecule has 0 aliphatic rings. The summed E-state index contributed by atoms with van der Waals surface area (Å²) >= 11 is 0. The molecule has 2 nitrogen and oxygen atoms in total. The van der Waals surface area contributed by atoms with E-state index in [1.54, 1.807) is 0 Å². The van der Waals surface area contributed by atoms with Gasteiger partial charge in [-0.15, -0.1) is 0 Å². The summed E-state index contributed by atoms with van der Waals surface area (Å²) in [6.45, 7) is 0. The van der Waals surface area contributed by atoms with Crippen molar-refractivity contribution in [3.8, 4) is 55.9 Å². The number of rotatable bonds is 6. The Bertz CT molecular complexity index is 3170. The lowest BCUT2D eigenvalue weighted by Crippen LogP contribution is -1.96. The van der Waals surface area contributed by atoms with E-state index < -0.39 is 0 Å². The normalized spacial score (nSPS) is 11.6. The topological polar surface area (TPSA) is 9.86 Å². The minimum atomic E-state index is 1.15. The first-order valence-electron chi connectivity index (χ1n) is 19.3. The van der Waals surface area contributed by atoms with Gasteiger partial charge in [-0.1, -0.05) is 152 Å². The molecule has 0 radical (unpaired) electrons. The second-order valence-electron chi connectivity index (χ2n) is 14.6. The fourth-order valence-corrected chi connectivity index (χ4v) is 8.74. The van der Waals surface area contributed by atoms with E-state index in [1.165, 1.54) is 93.8 Å². The van der Waals surface area contributed by atoms with Crippen LogP contribution in [0.2, 0.25) is 0 Å². The SMILES string of the molecule is c1ccc(-c2cc(-c3ccccc3)cc(-n3c4ccccc4c4cc(-c5ccccc5-c5ccc6c(c5)c5ccccc5n6-c5ccccc5)ccc43)c2)cc1. The molecule has 262 valence electrons. The third-order valence-corrected chi connectivity index (χ3v) is 11.3. The minimum Gasteiger partial charge on any atom is -0.309 e. The largest absolute Gasteiger partial charge is 0.309 e. The molecular formula is C54H36N2. The molecule has 2 heterocycles. The second-order valence-corrected chi connectivity index (χ2v) is 14.6. The highest BCUT2D eigenvalue weighted by Gasteiger charge is 2.18. The highest BCUT2D eigenvalue weighted by Crippen LogP contribution is 2.41. The van der Waals surface area contributed by atoms with Gasteiger partial charge in [-0.3, -0.25) is 0 Å². The number of nitrogens with zero attached hydrogens (tertiary/aromatic N) is 2. The van der Waals surface area contributed by atoms with Gasteiger partial charge in [-0.05, 0) is 111 Å².